The van der Waals surface area contributed by atoms with Crippen LogP contribution in [0.15, 0.2) is 30.6 Å². The highest BCUT2D eigenvalue weighted by atomic mass is 16.5. The number of hydrogen-bond donors (Lipinski definition) is 2. The van der Waals surface area contributed by atoms with E-state index >= 15 is 0 Å². The molecule has 0 radical (unpaired) electrons. The molecule has 134 valence electrons. The number of carbonyl (C=O) groups is 1. The molecule has 2 N–H and O–H groups in total. The Kier molecular flexibility index (Phi) is 5.33. The predicted octanol–water partition coefficient (Wildman–Crippen LogP) is 1.61. The molecule has 25 heavy (non-hydrogen) atoms. The second-order valence-corrected chi connectivity index (χ2v) is 6.53. The van der Waals surface area contributed by atoms with Crippen LogP contribution in [0, 0.1) is 12.8 Å². The van der Waals surface area contributed by atoms with Gasteiger partial charge in [0.05, 0.1) is 24.9 Å². The minimum Gasteiger partial charge on any atom is -0.481 e. The van der Waals surface area contributed by atoms with Crippen LogP contribution in [0.5, 0.6) is 5.88 Å². The van der Waals surface area contributed by atoms with Crippen molar-refractivity contribution in [2.75, 3.05) is 7.11 Å². The standard InChI is InChI=1S/C18H24N4O3/c1-12-5-7-22(21-12)8-6-16(24)20-18(14-9-15(23)10-14)13-3-4-17(25-2)19-11-13/h3-5,7,11,14-15,18,23H,6,8-10H2,1-2H3,(H,20,24). The topological polar surface area (TPSA) is 89.3 Å². The molecule has 7 nitrogen and oxygen atoms in total. The first kappa shape index (κ1) is 17.4. The van der Waals surface area contributed by atoms with Crippen molar-refractivity contribution >= 4 is 5.91 Å². The van der Waals surface area contributed by atoms with Crippen molar-refractivity contribution in [2.24, 2.45) is 5.92 Å². The third-order valence-electron chi connectivity index (χ3n) is 4.61. The molecule has 1 fully saturated rings. The van der Waals surface area contributed by atoms with E-state index in [-0.39, 0.29) is 24.0 Å². The number of nitrogens with one attached hydrogen (secondary N) is 1. The number of aliphatic hydroxyl groups excluding tert-OH is 1. The van der Waals surface area contributed by atoms with E-state index in [1.807, 2.05) is 25.3 Å². The number of hydrogen-bond acceptors (Lipinski definition) is 5. The zero-order chi connectivity index (χ0) is 17.8. The van der Waals surface area contributed by atoms with Crippen LogP contribution < -0.4 is 10.1 Å². The minimum atomic E-state index is -0.275. The monoisotopic (exact) mass is 344 g/mol. The van der Waals surface area contributed by atoms with Crippen molar-refractivity contribution in [1.29, 1.82) is 0 Å². The average molecular weight is 344 g/mol. The van der Waals surface area contributed by atoms with Crippen molar-refractivity contribution in [1.82, 2.24) is 20.1 Å². The number of amides is 1. The zero-order valence-corrected chi connectivity index (χ0v) is 14.6. The van der Waals surface area contributed by atoms with E-state index in [1.54, 1.807) is 24.1 Å². The smallest absolute Gasteiger partial charge is 0.222 e. The van der Waals surface area contributed by atoms with Crippen molar-refractivity contribution in [2.45, 2.75) is 44.9 Å². The Labute approximate surface area is 147 Å². The van der Waals surface area contributed by atoms with Crippen molar-refractivity contribution < 1.29 is 14.6 Å². The molecule has 0 aromatic carbocycles. The molecule has 1 aliphatic carbocycles. The van der Waals surface area contributed by atoms with Gasteiger partial charge in [0.25, 0.3) is 0 Å². The Bertz CT molecular complexity index is 707. The molecule has 2 aromatic heterocycles. The Hall–Kier alpha value is -2.41. The van der Waals surface area contributed by atoms with Gasteiger partial charge >= 0.3 is 0 Å². The van der Waals surface area contributed by atoms with E-state index in [0.717, 1.165) is 11.3 Å². The Balaban J connectivity index is 1.63. The van der Waals surface area contributed by atoms with Crippen LogP contribution in [0.4, 0.5) is 0 Å². The fourth-order valence-electron chi connectivity index (χ4n) is 3.12. The van der Waals surface area contributed by atoms with E-state index in [4.69, 9.17) is 4.74 Å². The summed E-state index contributed by atoms with van der Waals surface area (Å²) in [5.74, 6) is 0.730. The van der Waals surface area contributed by atoms with Gasteiger partial charge in [0.1, 0.15) is 0 Å². The first-order valence-electron chi connectivity index (χ1n) is 8.52. The van der Waals surface area contributed by atoms with Crippen LogP contribution in [-0.2, 0) is 11.3 Å². The number of nitrogens with zero attached hydrogens (tertiary/aromatic N) is 3. The van der Waals surface area contributed by atoms with Gasteiger partial charge in [-0.05, 0) is 37.3 Å². The molecule has 3 rings (SSSR count). The van der Waals surface area contributed by atoms with Crippen LogP contribution in [0.25, 0.3) is 0 Å². The highest BCUT2D eigenvalue weighted by Crippen LogP contribution is 2.38. The molecule has 0 aliphatic heterocycles. The Morgan fingerprint density at radius 2 is 2.24 bits per heavy atom. The second kappa shape index (κ2) is 7.65. The lowest BCUT2D eigenvalue weighted by atomic mass is 9.75. The van der Waals surface area contributed by atoms with Gasteiger partial charge < -0.3 is 15.2 Å². The third kappa shape index (κ3) is 4.36. The number of methoxy groups -OCH3 is 1. The van der Waals surface area contributed by atoms with Crippen LogP contribution in [0.2, 0.25) is 0 Å². The van der Waals surface area contributed by atoms with Gasteiger partial charge in [-0.15, -0.1) is 0 Å². The summed E-state index contributed by atoms with van der Waals surface area (Å²) in [6.45, 7) is 2.46. The maximum atomic E-state index is 12.4. The van der Waals surface area contributed by atoms with E-state index in [9.17, 15) is 9.90 Å². The summed E-state index contributed by atoms with van der Waals surface area (Å²) in [6.07, 6.45) is 5.06. The van der Waals surface area contributed by atoms with Gasteiger partial charge in [-0.2, -0.15) is 5.10 Å². The number of aromatic nitrogens is 3. The minimum absolute atomic E-state index is 0.0321. The van der Waals surface area contributed by atoms with E-state index < -0.39 is 0 Å². The van der Waals surface area contributed by atoms with E-state index in [0.29, 0.717) is 31.7 Å². The van der Waals surface area contributed by atoms with Crippen molar-refractivity contribution in [3.05, 3.63) is 41.9 Å². The normalized spacial score (nSPS) is 20.6. The summed E-state index contributed by atoms with van der Waals surface area (Å²) >= 11 is 0. The van der Waals surface area contributed by atoms with Crippen LogP contribution in [-0.4, -0.2) is 39.0 Å². The summed E-state index contributed by atoms with van der Waals surface area (Å²) in [4.78, 5) is 16.6. The SMILES string of the molecule is COc1ccc(C(NC(=O)CCn2ccc(C)n2)C2CC(O)C2)cn1. The van der Waals surface area contributed by atoms with Crippen LogP contribution in [0.3, 0.4) is 0 Å². The quantitative estimate of drug-likeness (QED) is 0.797. The number of aliphatic hydroxyl groups is 1. The van der Waals surface area contributed by atoms with Gasteiger partial charge in [0.15, 0.2) is 0 Å². The zero-order valence-electron chi connectivity index (χ0n) is 14.6. The molecule has 1 aliphatic rings. The molecule has 7 heteroatoms. The fraction of sp³-hybridized carbons (Fsp3) is 0.500. The number of aryl methyl sites for hydroxylation is 2. The van der Waals surface area contributed by atoms with Crippen molar-refractivity contribution in [3.8, 4) is 5.88 Å². The van der Waals surface area contributed by atoms with Gasteiger partial charge in [-0.1, -0.05) is 6.07 Å². The largest absolute Gasteiger partial charge is 0.481 e. The lowest BCUT2D eigenvalue weighted by molar-refractivity contribution is -0.123. The average Bonchev–Trinajstić information content (AvgIpc) is 3.01. The van der Waals surface area contributed by atoms with Crippen molar-refractivity contribution in [3.63, 3.8) is 0 Å². The molecule has 0 saturated heterocycles. The van der Waals surface area contributed by atoms with E-state index in [2.05, 4.69) is 15.4 Å². The first-order valence-corrected chi connectivity index (χ1v) is 8.52. The summed E-state index contributed by atoms with van der Waals surface area (Å²) in [6, 6.07) is 5.47. The van der Waals surface area contributed by atoms with Gasteiger partial charge in [-0.25, -0.2) is 4.98 Å². The lowest BCUT2D eigenvalue weighted by Gasteiger charge is -2.38. The molecule has 1 atom stereocenters. The van der Waals surface area contributed by atoms with Gasteiger partial charge in [0, 0.05) is 31.4 Å². The number of ether oxygens (including phenoxy) is 1. The highest BCUT2D eigenvalue weighted by molar-refractivity contribution is 5.76. The Morgan fingerprint density at radius 1 is 1.44 bits per heavy atom. The summed E-state index contributed by atoms with van der Waals surface area (Å²) < 4.78 is 6.86. The van der Waals surface area contributed by atoms with E-state index in [1.165, 1.54) is 0 Å². The molecule has 0 bridgehead atoms. The molecular weight excluding hydrogens is 320 g/mol. The third-order valence-corrected chi connectivity index (χ3v) is 4.61. The molecule has 1 saturated carbocycles. The highest BCUT2D eigenvalue weighted by Gasteiger charge is 2.35. The molecule has 1 unspecified atom stereocenters. The second-order valence-electron chi connectivity index (χ2n) is 6.53. The fourth-order valence-corrected chi connectivity index (χ4v) is 3.12. The summed E-state index contributed by atoms with van der Waals surface area (Å²) in [5.41, 5.74) is 1.87. The molecule has 2 aromatic rings. The number of rotatable bonds is 7. The molecule has 1 amide bonds. The summed E-state index contributed by atoms with van der Waals surface area (Å²) in [5, 5.41) is 17.0. The number of pyridine rings is 1. The molecular formula is C18H24N4O3. The maximum Gasteiger partial charge on any atom is 0.222 e. The molecule has 2 heterocycles. The lowest BCUT2D eigenvalue weighted by Crippen LogP contribution is -2.41. The maximum absolute atomic E-state index is 12.4. The van der Waals surface area contributed by atoms with Crippen LogP contribution in [0.1, 0.15) is 36.6 Å². The summed E-state index contributed by atoms with van der Waals surface area (Å²) in [7, 11) is 1.57. The molecule has 0 spiro atoms. The van der Waals surface area contributed by atoms with Crippen LogP contribution >= 0.6 is 0 Å². The van der Waals surface area contributed by atoms with Gasteiger partial charge in [-0.3, -0.25) is 9.48 Å². The predicted molar refractivity (Wildman–Crippen MR) is 92.0 cm³/mol. The van der Waals surface area contributed by atoms with Gasteiger partial charge in [0.2, 0.25) is 11.8 Å². The Morgan fingerprint density at radius 3 is 2.80 bits per heavy atom. The number of carbonyl (C=O) groups excluding carboxylic acids is 1. The first-order chi connectivity index (χ1) is 12.0.